The highest BCUT2D eigenvalue weighted by molar-refractivity contribution is 5.94. The highest BCUT2D eigenvalue weighted by Gasteiger charge is 2.18. The lowest BCUT2D eigenvalue weighted by atomic mass is 10.00. The van der Waals surface area contributed by atoms with E-state index in [4.69, 9.17) is 5.26 Å². The van der Waals surface area contributed by atoms with E-state index >= 15 is 0 Å². The van der Waals surface area contributed by atoms with E-state index in [1.54, 1.807) is 0 Å². The molecule has 0 spiro atoms. The number of aryl methyl sites for hydroxylation is 1. The maximum atomic E-state index is 12.1. The number of anilines is 1. The maximum Gasteiger partial charge on any atom is 0.242 e. The molecule has 0 saturated heterocycles. The Morgan fingerprint density at radius 3 is 2.40 bits per heavy atom. The van der Waals surface area contributed by atoms with Gasteiger partial charge in [0.2, 0.25) is 5.91 Å². The molecule has 3 heteroatoms. The van der Waals surface area contributed by atoms with Crippen LogP contribution in [0.25, 0.3) is 0 Å². The number of benzene rings is 2. The van der Waals surface area contributed by atoms with Crippen LogP contribution in [-0.2, 0) is 11.2 Å². The van der Waals surface area contributed by atoms with Gasteiger partial charge in [-0.15, -0.1) is 0 Å². The van der Waals surface area contributed by atoms with E-state index in [-0.39, 0.29) is 5.91 Å². The van der Waals surface area contributed by atoms with Crippen LogP contribution < -0.4 is 5.32 Å². The van der Waals surface area contributed by atoms with Crippen molar-refractivity contribution in [3.05, 3.63) is 65.7 Å². The number of hydrogen-bond donors (Lipinski definition) is 1. The Labute approximate surface area is 118 Å². The summed E-state index contributed by atoms with van der Waals surface area (Å²) in [6.45, 7) is 1.99. The first kappa shape index (κ1) is 13.8. The third kappa shape index (κ3) is 3.69. The highest BCUT2D eigenvalue weighted by Crippen LogP contribution is 2.13. The van der Waals surface area contributed by atoms with Gasteiger partial charge in [-0.2, -0.15) is 5.26 Å². The summed E-state index contributed by atoms with van der Waals surface area (Å²) in [5, 5.41) is 11.9. The Bertz CT molecular complexity index is 612. The first-order valence-corrected chi connectivity index (χ1v) is 6.50. The van der Waals surface area contributed by atoms with Crippen LogP contribution in [-0.4, -0.2) is 5.91 Å². The molecule has 0 aliphatic carbocycles. The van der Waals surface area contributed by atoms with Crippen LogP contribution >= 0.6 is 0 Å². The molecule has 0 bridgehead atoms. The third-order valence-corrected chi connectivity index (χ3v) is 3.07. The van der Waals surface area contributed by atoms with E-state index in [0.717, 1.165) is 11.1 Å². The minimum Gasteiger partial charge on any atom is -0.325 e. The number of nitrogens with one attached hydrogen (secondary N) is 1. The predicted molar refractivity (Wildman–Crippen MR) is 79.1 cm³/mol. The fourth-order valence-corrected chi connectivity index (χ4v) is 1.91. The average molecular weight is 264 g/mol. The Hall–Kier alpha value is -2.60. The van der Waals surface area contributed by atoms with Crippen LogP contribution in [0.2, 0.25) is 0 Å². The van der Waals surface area contributed by atoms with Gasteiger partial charge >= 0.3 is 0 Å². The molecule has 0 saturated carbocycles. The van der Waals surface area contributed by atoms with E-state index in [1.165, 1.54) is 0 Å². The number of nitrogens with zero attached hydrogens (tertiary/aromatic N) is 1. The number of rotatable bonds is 4. The second kappa shape index (κ2) is 6.53. The molecular formula is C17H16N2O. The van der Waals surface area contributed by atoms with Crippen LogP contribution in [0.5, 0.6) is 0 Å². The molecule has 0 heterocycles. The Morgan fingerprint density at radius 2 is 1.80 bits per heavy atom. The van der Waals surface area contributed by atoms with Crippen molar-refractivity contribution in [3.8, 4) is 6.07 Å². The lowest BCUT2D eigenvalue weighted by Gasteiger charge is -2.10. The molecule has 1 unspecified atom stereocenters. The standard InChI is InChI=1S/C17H16N2O/c1-13-7-9-16(10-8-13)19-17(20)15(12-18)11-14-5-3-2-4-6-14/h2-10,15H,11H2,1H3,(H,19,20). The molecule has 2 aromatic carbocycles. The summed E-state index contributed by atoms with van der Waals surface area (Å²) in [7, 11) is 0. The average Bonchev–Trinajstić information content (AvgIpc) is 2.48. The van der Waals surface area contributed by atoms with E-state index < -0.39 is 5.92 Å². The van der Waals surface area contributed by atoms with Gasteiger partial charge in [-0.1, -0.05) is 48.0 Å². The van der Waals surface area contributed by atoms with Crippen LogP contribution in [0.4, 0.5) is 5.69 Å². The summed E-state index contributed by atoms with van der Waals surface area (Å²) in [4.78, 5) is 12.1. The normalized spacial score (nSPS) is 11.4. The zero-order chi connectivity index (χ0) is 14.4. The molecule has 20 heavy (non-hydrogen) atoms. The van der Waals surface area contributed by atoms with Crippen molar-refractivity contribution in [2.24, 2.45) is 5.92 Å². The van der Waals surface area contributed by atoms with Gasteiger partial charge in [0.25, 0.3) is 0 Å². The number of hydrogen-bond acceptors (Lipinski definition) is 2. The lowest BCUT2D eigenvalue weighted by molar-refractivity contribution is -0.118. The highest BCUT2D eigenvalue weighted by atomic mass is 16.1. The van der Waals surface area contributed by atoms with Gasteiger partial charge in [-0.05, 0) is 31.0 Å². The molecule has 2 rings (SSSR count). The molecule has 0 aromatic heterocycles. The molecule has 0 fully saturated rings. The smallest absolute Gasteiger partial charge is 0.242 e. The molecule has 0 radical (unpaired) electrons. The largest absolute Gasteiger partial charge is 0.325 e. The summed E-state index contributed by atoms with van der Waals surface area (Å²) < 4.78 is 0. The Morgan fingerprint density at radius 1 is 1.15 bits per heavy atom. The predicted octanol–water partition coefficient (Wildman–Crippen LogP) is 3.32. The monoisotopic (exact) mass is 264 g/mol. The van der Waals surface area contributed by atoms with Gasteiger partial charge in [0.15, 0.2) is 0 Å². The zero-order valence-corrected chi connectivity index (χ0v) is 11.3. The van der Waals surface area contributed by atoms with Crippen molar-refractivity contribution in [1.82, 2.24) is 0 Å². The molecule has 3 nitrogen and oxygen atoms in total. The van der Waals surface area contributed by atoms with Crippen molar-refractivity contribution in [2.75, 3.05) is 5.32 Å². The Kier molecular flexibility index (Phi) is 4.52. The van der Waals surface area contributed by atoms with Crippen molar-refractivity contribution in [1.29, 1.82) is 5.26 Å². The molecule has 1 atom stereocenters. The maximum absolute atomic E-state index is 12.1. The van der Waals surface area contributed by atoms with Crippen LogP contribution in [0.15, 0.2) is 54.6 Å². The summed E-state index contributed by atoms with van der Waals surface area (Å²) in [6, 6.07) is 19.2. The molecule has 100 valence electrons. The van der Waals surface area contributed by atoms with E-state index in [2.05, 4.69) is 11.4 Å². The summed E-state index contributed by atoms with van der Waals surface area (Å²) in [5.74, 6) is -0.945. The zero-order valence-electron chi connectivity index (χ0n) is 11.3. The third-order valence-electron chi connectivity index (χ3n) is 3.07. The van der Waals surface area contributed by atoms with Gasteiger partial charge in [0.05, 0.1) is 6.07 Å². The molecule has 0 aliphatic rings. The van der Waals surface area contributed by atoms with Gasteiger partial charge in [-0.3, -0.25) is 4.79 Å². The second-order valence-corrected chi connectivity index (χ2v) is 4.73. The summed E-state index contributed by atoms with van der Waals surface area (Å²) >= 11 is 0. The van der Waals surface area contributed by atoms with Gasteiger partial charge < -0.3 is 5.32 Å². The molecule has 2 aromatic rings. The molecule has 1 N–H and O–H groups in total. The fourth-order valence-electron chi connectivity index (χ4n) is 1.91. The van der Waals surface area contributed by atoms with Crippen molar-refractivity contribution < 1.29 is 4.79 Å². The Balaban J connectivity index is 2.03. The number of carbonyl (C=O) groups excluding carboxylic acids is 1. The van der Waals surface area contributed by atoms with Crippen molar-refractivity contribution >= 4 is 11.6 Å². The van der Waals surface area contributed by atoms with Crippen molar-refractivity contribution in [3.63, 3.8) is 0 Å². The first-order chi connectivity index (χ1) is 9.69. The molecule has 1 amide bonds. The topological polar surface area (TPSA) is 52.9 Å². The van der Waals surface area contributed by atoms with Crippen molar-refractivity contribution in [2.45, 2.75) is 13.3 Å². The minimum atomic E-state index is -0.682. The van der Waals surface area contributed by atoms with E-state index in [0.29, 0.717) is 12.1 Å². The minimum absolute atomic E-state index is 0.264. The van der Waals surface area contributed by atoms with Gasteiger partial charge in [-0.25, -0.2) is 0 Å². The van der Waals surface area contributed by atoms with Crippen LogP contribution in [0.3, 0.4) is 0 Å². The van der Waals surface area contributed by atoms with Gasteiger partial charge in [0.1, 0.15) is 5.92 Å². The van der Waals surface area contributed by atoms with Crippen LogP contribution in [0, 0.1) is 24.2 Å². The number of carbonyl (C=O) groups is 1. The first-order valence-electron chi connectivity index (χ1n) is 6.50. The summed E-state index contributed by atoms with van der Waals surface area (Å²) in [6.07, 6.45) is 0.426. The summed E-state index contributed by atoms with van der Waals surface area (Å²) in [5.41, 5.74) is 2.83. The number of nitriles is 1. The second-order valence-electron chi connectivity index (χ2n) is 4.73. The lowest BCUT2D eigenvalue weighted by Crippen LogP contribution is -2.23. The van der Waals surface area contributed by atoms with Gasteiger partial charge in [0, 0.05) is 5.69 Å². The molecule has 0 aliphatic heterocycles. The fraction of sp³-hybridized carbons (Fsp3) is 0.176. The van der Waals surface area contributed by atoms with Crippen LogP contribution in [0.1, 0.15) is 11.1 Å². The molecular weight excluding hydrogens is 248 g/mol. The van der Waals surface area contributed by atoms with E-state index in [1.807, 2.05) is 61.5 Å². The number of amides is 1. The SMILES string of the molecule is Cc1ccc(NC(=O)C(C#N)Cc2ccccc2)cc1. The van der Waals surface area contributed by atoms with E-state index in [9.17, 15) is 4.79 Å². The quantitative estimate of drug-likeness (QED) is 0.921.